The molecule has 11 heavy (non-hydrogen) atoms. The number of hydrogen-bond donors (Lipinski definition) is 1. The van der Waals surface area contributed by atoms with E-state index in [1.54, 1.807) is 11.8 Å². The summed E-state index contributed by atoms with van der Waals surface area (Å²) in [4.78, 5) is 17.4. The zero-order chi connectivity index (χ0) is 8.27. The highest BCUT2D eigenvalue weighted by atomic mass is 32.2. The second kappa shape index (κ2) is 3.57. The number of hydrogen-bond acceptors (Lipinski definition) is 3. The van der Waals surface area contributed by atoms with E-state index in [2.05, 4.69) is 23.8 Å². The van der Waals surface area contributed by atoms with E-state index < -0.39 is 0 Å². The molecule has 0 fully saturated rings. The van der Waals surface area contributed by atoms with Crippen LogP contribution in [0.25, 0.3) is 0 Å². The molecule has 0 saturated heterocycles. The van der Waals surface area contributed by atoms with Crippen molar-refractivity contribution in [2.75, 3.05) is 0 Å². The fourth-order valence-corrected chi connectivity index (χ4v) is 1.36. The first-order valence-electron chi connectivity index (χ1n) is 3.40. The Morgan fingerprint density at radius 1 is 1.64 bits per heavy atom. The highest BCUT2D eigenvalue weighted by Crippen LogP contribution is 2.15. The average Bonchev–Trinajstić information content (AvgIpc) is 1.85. The van der Waals surface area contributed by atoms with E-state index in [1.807, 2.05) is 0 Å². The van der Waals surface area contributed by atoms with E-state index in [4.69, 9.17) is 0 Å². The maximum absolute atomic E-state index is 10.8. The number of thioether (sulfide) groups is 1. The Balaban J connectivity index is 2.80. The van der Waals surface area contributed by atoms with Crippen molar-refractivity contribution >= 4 is 11.8 Å². The normalized spacial score (nSPS) is 10.5. The molecular weight excluding hydrogens is 160 g/mol. The minimum Gasteiger partial charge on any atom is -0.301 e. The van der Waals surface area contributed by atoms with Gasteiger partial charge in [-0.1, -0.05) is 25.6 Å². The van der Waals surface area contributed by atoms with Crippen LogP contribution in [0.1, 0.15) is 13.8 Å². The third-order valence-corrected chi connectivity index (χ3v) is 1.90. The molecule has 1 aromatic rings. The van der Waals surface area contributed by atoms with Crippen molar-refractivity contribution in [3.63, 3.8) is 0 Å². The first-order valence-corrected chi connectivity index (χ1v) is 4.28. The van der Waals surface area contributed by atoms with Crippen LogP contribution >= 0.6 is 11.8 Å². The van der Waals surface area contributed by atoms with Gasteiger partial charge < -0.3 is 4.98 Å². The van der Waals surface area contributed by atoms with Crippen molar-refractivity contribution in [1.29, 1.82) is 0 Å². The van der Waals surface area contributed by atoms with Crippen LogP contribution in [0.15, 0.2) is 22.2 Å². The minimum absolute atomic E-state index is 0.0943. The highest BCUT2D eigenvalue weighted by molar-refractivity contribution is 7.99. The van der Waals surface area contributed by atoms with Crippen LogP contribution in [0.4, 0.5) is 0 Å². The van der Waals surface area contributed by atoms with Gasteiger partial charge in [0.15, 0.2) is 5.16 Å². The number of H-pyrrole nitrogens is 1. The second-order valence-corrected chi connectivity index (χ2v) is 3.97. The minimum atomic E-state index is -0.0943. The smallest absolute Gasteiger partial charge is 0.251 e. The molecule has 0 aromatic carbocycles. The first-order chi connectivity index (χ1) is 5.18. The maximum Gasteiger partial charge on any atom is 0.251 e. The molecule has 4 heteroatoms. The van der Waals surface area contributed by atoms with Crippen molar-refractivity contribution in [2.45, 2.75) is 24.3 Å². The Hall–Kier alpha value is -0.770. The van der Waals surface area contributed by atoms with E-state index in [-0.39, 0.29) is 5.56 Å². The van der Waals surface area contributed by atoms with Crippen LogP contribution in [0.3, 0.4) is 0 Å². The Kier molecular flexibility index (Phi) is 2.70. The lowest BCUT2D eigenvalue weighted by molar-refractivity contribution is 0.927. The molecule has 0 aliphatic rings. The van der Waals surface area contributed by atoms with Crippen LogP contribution in [0.5, 0.6) is 0 Å². The number of nitrogens with zero attached hydrogens (tertiary/aromatic N) is 1. The number of rotatable bonds is 2. The quantitative estimate of drug-likeness (QED) is 0.537. The molecule has 0 aliphatic heterocycles. The SMILES string of the molecule is CC(C)Sc1nccc(=O)[nH]1. The summed E-state index contributed by atoms with van der Waals surface area (Å²) < 4.78 is 0. The molecule has 0 aliphatic carbocycles. The predicted molar refractivity (Wildman–Crippen MR) is 45.9 cm³/mol. The molecule has 1 rings (SSSR count). The summed E-state index contributed by atoms with van der Waals surface area (Å²) in [6.07, 6.45) is 1.52. The summed E-state index contributed by atoms with van der Waals surface area (Å²) in [5.41, 5.74) is -0.0943. The molecule has 0 radical (unpaired) electrons. The van der Waals surface area contributed by atoms with Crippen LogP contribution in [-0.2, 0) is 0 Å². The summed E-state index contributed by atoms with van der Waals surface area (Å²) in [5.74, 6) is 0. The molecule has 1 aromatic heterocycles. The van der Waals surface area contributed by atoms with Gasteiger partial charge in [-0.05, 0) is 0 Å². The van der Waals surface area contributed by atoms with Crippen molar-refractivity contribution in [2.24, 2.45) is 0 Å². The standard InChI is InChI=1S/C7H10N2OS/c1-5(2)11-7-8-4-3-6(10)9-7/h3-5H,1-2H3,(H,8,9,10). The van der Waals surface area contributed by atoms with Crippen LogP contribution in [-0.4, -0.2) is 15.2 Å². The molecule has 1 heterocycles. The van der Waals surface area contributed by atoms with Gasteiger partial charge in [-0.2, -0.15) is 0 Å². The summed E-state index contributed by atoms with van der Waals surface area (Å²) in [6, 6.07) is 1.41. The Labute approximate surface area is 69.3 Å². The van der Waals surface area contributed by atoms with Gasteiger partial charge in [0.25, 0.3) is 5.56 Å². The maximum atomic E-state index is 10.8. The Bertz CT molecular complexity index is 282. The topological polar surface area (TPSA) is 45.8 Å². The van der Waals surface area contributed by atoms with Crippen molar-refractivity contribution in [1.82, 2.24) is 9.97 Å². The molecule has 0 saturated carbocycles. The summed E-state index contributed by atoms with van der Waals surface area (Å²) in [7, 11) is 0. The lowest BCUT2D eigenvalue weighted by Gasteiger charge is -2.00. The van der Waals surface area contributed by atoms with Gasteiger partial charge in [0, 0.05) is 17.5 Å². The highest BCUT2D eigenvalue weighted by Gasteiger charge is 1.98. The van der Waals surface area contributed by atoms with Gasteiger partial charge in [-0.3, -0.25) is 4.79 Å². The molecule has 0 amide bonds. The van der Waals surface area contributed by atoms with E-state index in [1.165, 1.54) is 12.3 Å². The monoisotopic (exact) mass is 170 g/mol. The van der Waals surface area contributed by atoms with Gasteiger partial charge >= 0.3 is 0 Å². The zero-order valence-corrected chi connectivity index (χ0v) is 7.31. The van der Waals surface area contributed by atoms with Crippen molar-refractivity contribution in [3.05, 3.63) is 22.6 Å². The van der Waals surface area contributed by atoms with Crippen LogP contribution < -0.4 is 5.56 Å². The molecular formula is C7H10N2OS. The zero-order valence-electron chi connectivity index (χ0n) is 6.50. The van der Waals surface area contributed by atoms with E-state index in [0.29, 0.717) is 10.4 Å². The number of aromatic nitrogens is 2. The lowest BCUT2D eigenvalue weighted by atomic mass is 10.6. The van der Waals surface area contributed by atoms with Crippen molar-refractivity contribution < 1.29 is 0 Å². The molecule has 0 atom stereocenters. The van der Waals surface area contributed by atoms with Crippen LogP contribution in [0.2, 0.25) is 0 Å². The van der Waals surface area contributed by atoms with Gasteiger partial charge in [0.1, 0.15) is 0 Å². The van der Waals surface area contributed by atoms with Crippen molar-refractivity contribution in [3.8, 4) is 0 Å². The third kappa shape index (κ3) is 2.76. The van der Waals surface area contributed by atoms with Gasteiger partial charge in [-0.15, -0.1) is 0 Å². The molecule has 0 unspecified atom stereocenters. The lowest BCUT2D eigenvalue weighted by Crippen LogP contribution is -2.06. The number of nitrogens with one attached hydrogen (secondary N) is 1. The fourth-order valence-electron chi connectivity index (χ4n) is 0.635. The number of aromatic amines is 1. The average molecular weight is 170 g/mol. The molecule has 1 N–H and O–H groups in total. The van der Waals surface area contributed by atoms with E-state index >= 15 is 0 Å². The molecule has 0 spiro atoms. The molecule has 0 bridgehead atoms. The van der Waals surface area contributed by atoms with Gasteiger partial charge in [-0.25, -0.2) is 4.98 Å². The first kappa shape index (κ1) is 8.33. The molecule has 60 valence electrons. The summed E-state index contributed by atoms with van der Waals surface area (Å²) in [5, 5.41) is 1.13. The summed E-state index contributed by atoms with van der Waals surface area (Å²) >= 11 is 1.55. The fraction of sp³-hybridized carbons (Fsp3) is 0.429. The second-order valence-electron chi connectivity index (χ2n) is 2.41. The van der Waals surface area contributed by atoms with Gasteiger partial charge in [0.05, 0.1) is 0 Å². The van der Waals surface area contributed by atoms with Crippen LogP contribution in [0, 0.1) is 0 Å². The largest absolute Gasteiger partial charge is 0.301 e. The molecule has 3 nitrogen and oxygen atoms in total. The van der Waals surface area contributed by atoms with Gasteiger partial charge in [0.2, 0.25) is 0 Å². The third-order valence-electron chi connectivity index (χ3n) is 0.995. The van der Waals surface area contributed by atoms with E-state index in [0.717, 1.165) is 0 Å². The van der Waals surface area contributed by atoms with E-state index in [9.17, 15) is 4.79 Å². The Morgan fingerprint density at radius 3 is 2.91 bits per heavy atom. The summed E-state index contributed by atoms with van der Waals surface area (Å²) in [6.45, 7) is 4.11. The Morgan fingerprint density at radius 2 is 2.36 bits per heavy atom. The predicted octanol–water partition coefficient (Wildman–Crippen LogP) is 1.27.